The number of rotatable bonds is 6. The van der Waals surface area contributed by atoms with Crippen molar-refractivity contribution in [3.05, 3.63) is 0 Å². The maximum atomic E-state index is 11.7. The first-order valence-corrected chi connectivity index (χ1v) is 6.37. The van der Waals surface area contributed by atoms with Gasteiger partial charge in [0.15, 0.2) is 0 Å². The topological polar surface area (TPSA) is 49.6 Å². The van der Waals surface area contributed by atoms with Gasteiger partial charge in [-0.15, -0.1) is 24.8 Å². The van der Waals surface area contributed by atoms with Crippen LogP contribution in [0.3, 0.4) is 0 Å². The second kappa shape index (κ2) is 10.9. The fraction of sp³-hybridized carbons (Fsp3) is 0.917. The Morgan fingerprint density at radius 2 is 2.11 bits per heavy atom. The Bertz CT molecular complexity index is 229. The highest BCUT2D eigenvalue weighted by molar-refractivity contribution is 5.85. The average Bonchev–Trinajstić information content (AvgIpc) is 2.72. The zero-order valence-electron chi connectivity index (χ0n) is 11.4. The van der Waals surface area contributed by atoms with Crippen LogP contribution >= 0.6 is 24.8 Å². The highest BCUT2D eigenvalue weighted by Gasteiger charge is 2.25. The minimum absolute atomic E-state index is 0. The summed E-state index contributed by atoms with van der Waals surface area (Å²) in [5.41, 5.74) is 5.41. The van der Waals surface area contributed by atoms with E-state index in [9.17, 15) is 4.79 Å². The van der Waals surface area contributed by atoms with Crippen LogP contribution in [-0.2, 0) is 4.79 Å². The summed E-state index contributed by atoms with van der Waals surface area (Å²) in [7, 11) is 1.91. The molecule has 0 aliphatic carbocycles. The summed E-state index contributed by atoms with van der Waals surface area (Å²) in [6.45, 7) is 5.94. The van der Waals surface area contributed by atoms with E-state index in [4.69, 9.17) is 5.73 Å². The number of halogens is 2. The molecule has 1 heterocycles. The lowest BCUT2D eigenvalue weighted by atomic mass is 10.2. The zero-order chi connectivity index (χ0) is 12.0. The third kappa shape index (κ3) is 6.23. The first-order valence-electron chi connectivity index (χ1n) is 6.37. The van der Waals surface area contributed by atoms with Gasteiger partial charge in [0.2, 0.25) is 5.91 Å². The van der Waals surface area contributed by atoms with Crippen LogP contribution in [0.1, 0.15) is 32.6 Å². The van der Waals surface area contributed by atoms with Gasteiger partial charge in [-0.3, -0.25) is 9.69 Å². The Kier molecular flexibility index (Phi) is 12.2. The molecule has 1 rings (SSSR count). The van der Waals surface area contributed by atoms with Gasteiger partial charge in [0, 0.05) is 26.1 Å². The van der Waals surface area contributed by atoms with E-state index >= 15 is 0 Å². The molecule has 0 aromatic carbocycles. The number of hydrogen-bond acceptors (Lipinski definition) is 3. The van der Waals surface area contributed by atoms with Crippen LogP contribution in [0.15, 0.2) is 0 Å². The summed E-state index contributed by atoms with van der Waals surface area (Å²) < 4.78 is 0. The van der Waals surface area contributed by atoms with Gasteiger partial charge in [-0.2, -0.15) is 0 Å². The van der Waals surface area contributed by atoms with Gasteiger partial charge in [0.25, 0.3) is 0 Å². The zero-order valence-corrected chi connectivity index (χ0v) is 13.1. The normalized spacial score (nSPS) is 18.9. The van der Waals surface area contributed by atoms with Gasteiger partial charge in [0.1, 0.15) is 0 Å². The lowest BCUT2D eigenvalue weighted by molar-refractivity contribution is -0.130. The molecule has 6 heteroatoms. The Morgan fingerprint density at radius 3 is 2.67 bits per heavy atom. The van der Waals surface area contributed by atoms with Crippen molar-refractivity contribution in [1.29, 1.82) is 0 Å². The molecule has 2 N–H and O–H groups in total. The maximum absolute atomic E-state index is 11.7. The molecule has 110 valence electrons. The first-order chi connectivity index (χ1) is 7.69. The number of amides is 1. The minimum Gasteiger partial charge on any atom is -0.344 e. The van der Waals surface area contributed by atoms with Crippen LogP contribution < -0.4 is 5.73 Å². The largest absolute Gasteiger partial charge is 0.344 e. The van der Waals surface area contributed by atoms with Crippen molar-refractivity contribution in [3.8, 4) is 0 Å². The Balaban J connectivity index is 0. The van der Waals surface area contributed by atoms with E-state index in [1.165, 1.54) is 19.4 Å². The van der Waals surface area contributed by atoms with Gasteiger partial charge in [-0.1, -0.05) is 6.92 Å². The van der Waals surface area contributed by atoms with Gasteiger partial charge < -0.3 is 10.6 Å². The summed E-state index contributed by atoms with van der Waals surface area (Å²) in [5, 5.41) is 0. The number of hydrogen-bond donors (Lipinski definition) is 1. The van der Waals surface area contributed by atoms with E-state index in [0.29, 0.717) is 19.0 Å². The SMILES string of the molecule is CCN1CCCC1CN(C)C(=O)CCCN.Cl.Cl. The molecule has 1 atom stereocenters. The molecule has 1 aliphatic heterocycles. The van der Waals surface area contributed by atoms with Gasteiger partial charge in [0.05, 0.1) is 0 Å². The minimum atomic E-state index is 0. The average molecular weight is 300 g/mol. The third-order valence-corrected chi connectivity index (χ3v) is 3.41. The smallest absolute Gasteiger partial charge is 0.222 e. The number of likely N-dealkylation sites (tertiary alicyclic amines) is 1. The standard InChI is InChI=1S/C12H25N3O.2ClH/c1-3-15-9-5-6-11(15)10-14(2)12(16)7-4-8-13;;/h11H,3-10,13H2,1-2H3;2*1H. The molecule has 1 unspecified atom stereocenters. The van der Waals surface area contributed by atoms with E-state index in [0.717, 1.165) is 19.5 Å². The lowest BCUT2D eigenvalue weighted by Crippen LogP contribution is -2.41. The van der Waals surface area contributed by atoms with Gasteiger partial charge in [-0.25, -0.2) is 0 Å². The number of carbonyl (C=O) groups is 1. The lowest BCUT2D eigenvalue weighted by Gasteiger charge is -2.27. The molecular weight excluding hydrogens is 273 g/mol. The van der Waals surface area contributed by atoms with Gasteiger partial charge in [-0.05, 0) is 38.9 Å². The fourth-order valence-corrected chi connectivity index (χ4v) is 2.38. The summed E-state index contributed by atoms with van der Waals surface area (Å²) in [6.07, 6.45) is 3.88. The molecule has 18 heavy (non-hydrogen) atoms. The van der Waals surface area contributed by atoms with Crippen molar-refractivity contribution < 1.29 is 4.79 Å². The van der Waals surface area contributed by atoms with Crippen LogP contribution in [0.25, 0.3) is 0 Å². The highest BCUT2D eigenvalue weighted by atomic mass is 35.5. The van der Waals surface area contributed by atoms with Crippen LogP contribution in [0, 0.1) is 0 Å². The summed E-state index contributed by atoms with van der Waals surface area (Å²) in [4.78, 5) is 16.1. The van der Waals surface area contributed by atoms with E-state index in [1.807, 2.05) is 11.9 Å². The third-order valence-electron chi connectivity index (χ3n) is 3.41. The summed E-state index contributed by atoms with van der Waals surface area (Å²) >= 11 is 0. The van der Waals surface area contributed by atoms with Crippen LogP contribution in [-0.4, -0.2) is 55.0 Å². The molecule has 1 fully saturated rings. The highest BCUT2D eigenvalue weighted by Crippen LogP contribution is 2.17. The summed E-state index contributed by atoms with van der Waals surface area (Å²) in [6, 6.07) is 0.567. The Morgan fingerprint density at radius 1 is 1.44 bits per heavy atom. The van der Waals surface area contributed by atoms with Crippen LogP contribution in [0.4, 0.5) is 0 Å². The maximum Gasteiger partial charge on any atom is 0.222 e. The molecule has 1 amide bonds. The van der Waals surface area contributed by atoms with E-state index in [-0.39, 0.29) is 30.7 Å². The van der Waals surface area contributed by atoms with Crippen molar-refractivity contribution in [2.45, 2.75) is 38.6 Å². The predicted molar refractivity (Wildman–Crippen MR) is 80.7 cm³/mol. The van der Waals surface area contributed by atoms with Gasteiger partial charge >= 0.3 is 0 Å². The molecule has 1 saturated heterocycles. The second-order valence-electron chi connectivity index (χ2n) is 4.59. The van der Waals surface area contributed by atoms with Crippen LogP contribution in [0.5, 0.6) is 0 Å². The number of carbonyl (C=O) groups excluding carboxylic acids is 1. The molecule has 4 nitrogen and oxygen atoms in total. The van der Waals surface area contributed by atoms with E-state index in [1.54, 1.807) is 0 Å². The molecule has 0 saturated carbocycles. The van der Waals surface area contributed by atoms with E-state index < -0.39 is 0 Å². The molecule has 0 spiro atoms. The van der Waals surface area contributed by atoms with E-state index in [2.05, 4.69) is 11.8 Å². The summed E-state index contributed by atoms with van der Waals surface area (Å²) in [5.74, 6) is 0.230. The van der Waals surface area contributed by atoms with Crippen molar-refractivity contribution in [1.82, 2.24) is 9.80 Å². The van der Waals surface area contributed by atoms with Crippen LogP contribution in [0.2, 0.25) is 0 Å². The quantitative estimate of drug-likeness (QED) is 0.809. The number of nitrogens with zero attached hydrogens (tertiary/aromatic N) is 2. The number of likely N-dealkylation sites (N-methyl/N-ethyl adjacent to an activating group) is 2. The Hall–Kier alpha value is -0.0300. The second-order valence-corrected chi connectivity index (χ2v) is 4.59. The molecule has 0 aromatic rings. The Labute approximate surface area is 123 Å². The van der Waals surface area contributed by atoms with Crippen molar-refractivity contribution in [2.75, 3.05) is 33.2 Å². The van der Waals surface area contributed by atoms with Crippen molar-refractivity contribution in [2.24, 2.45) is 5.73 Å². The predicted octanol–water partition coefficient (Wildman–Crippen LogP) is 1.51. The molecular formula is C12H27Cl2N3O. The first kappa shape index (κ1) is 20.3. The molecule has 0 aromatic heterocycles. The molecule has 1 aliphatic rings. The molecule has 0 radical (unpaired) electrons. The number of nitrogens with two attached hydrogens (primary N) is 1. The van der Waals surface area contributed by atoms with Crippen molar-refractivity contribution >= 4 is 30.7 Å². The fourth-order valence-electron chi connectivity index (χ4n) is 2.38. The molecule has 0 bridgehead atoms. The monoisotopic (exact) mass is 299 g/mol. The van der Waals surface area contributed by atoms with Crippen molar-refractivity contribution in [3.63, 3.8) is 0 Å².